The molecule has 2 heterocycles. The Bertz CT molecular complexity index is 476. The van der Waals surface area contributed by atoms with Crippen LogP contribution in [-0.2, 0) is 11.8 Å². The van der Waals surface area contributed by atoms with Crippen LogP contribution in [0.1, 0.15) is 43.7 Å². The summed E-state index contributed by atoms with van der Waals surface area (Å²) in [4.78, 5) is 14.5. The lowest BCUT2D eigenvalue weighted by atomic mass is 9.92. The van der Waals surface area contributed by atoms with Gasteiger partial charge in [-0.15, -0.1) is 0 Å². The van der Waals surface area contributed by atoms with Gasteiger partial charge in [0.15, 0.2) is 0 Å². The van der Waals surface area contributed by atoms with E-state index >= 15 is 0 Å². The van der Waals surface area contributed by atoms with Crippen LogP contribution in [0.4, 0.5) is 0 Å². The van der Waals surface area contributed by atoms with Gasteiger partial charge in [0.1, 0.15) is 0 Å². The maximum Gasteiger partial charge on any atom is 0.225 e. The van der Waals surface area contributed by atoms with E-state index in [2.05, 4.69) is 16.1 Å². The molecule has 0 spiro atoms. The van der Waals surface area contributed by atoms with Crippen molar-refractivity contribution in [2.24, 2.45) is 18.7 Å². The quantitative estimate of drug-likeness (QED) is 0.884. The zero-order valence-corrected chi connectivity index (χ0v) is 12.2. The van der Waals surface area contributed by atoms with Gasteiger partial charge in [0.25, 0.3) is 0 Å². The lowest BCUT2D eigenvalue weighted by Crippen LogP contribution is -2.41. The highest BCUT2D eigenvalue weighted by Gasteiger charge is 2.33. The van der Waals surface area contributed by atoms with Crippen molar-refractivity contribution in [3.63, 3.8) is 0 Å². The van der Waals surface area contributed by atoms with Crippen molar-refractivity contribution in [3.8, 4) is 0 Å². The number of hydrogen-bond donors (Lipinski definition) is 1. The number of nitrogens with zero attached hydrogens (tertiary/aromatic N) is 3. The normalized spacial score (nSPS) is 28.0. The first-order valence-electron chi connectivity index (χ1n) is 7.67. The van der Waals surface area contributed by atoms with E-state index in [1.165, 1.54) is 5.69 Å². The third-order valence-corrected chi connectivity index (χ3v) is 4.91. The number of nitrogens with two attached hydrogens (primary N) is 1. The molecule has 0 aromatic carbocycles. The van der Waals surface area contributed by atoms with Crippen LogP contribution in [-0.4, -0.2) is 39.7 Å². The molecule has 2 unspecified atom stereocenters. The predicted molar refractivity (Wildman–Crippen MR) is 77.1 cm³/mol. The number of carbonyl (C=O) groups excluding carboxylic acids is 1. The van der Waals surface area contributed by atoms with Crippen molar-refractivity contribution < 1.29 is 4.79 Å². The SMILES string of the molecule is Cn1nccc1C1CCN(C(=O)C2CCC(N)C2)CC1. The van der Waals surface area contributed by atoms with Crippen molar-refractivity contribution in [2.75, 3.05) is 13.1 Å². The molecule has 2 atom stereocenters. The van der Waals surface area contributed by atoms with Gasteiger partial charge in [-0.05, 0) is 38.2 Å². The van der Waals surface area contributed by atoms with Gasteiger partial charge in [-0.2, -0.15) is 5.10 Å². The van der Waals surface area contributed by atoms with Gasteiger partial charge < -0.3 is 10.6 Å². The van der Waals surface area contributed by atoms with E-state index in [0.29, 0.717) is 11.8 Å². The Labute approximate surface area is 120 Å². The highest BCUT2D eigenvalue weighted by Crippen LogP contribution is 2.31. The second kappa shape index (κ2) is 5.56. The molecule has 1 aromatic rings. The zero-order chi connectivity index (χ0) is 14.1. The Hall–Kier alpha value is -1.36. The zero-order valence-electron chi connectivity index (χ0n) is 12.2. The van der Waals surface area contributed by atoms with Crippen molar-refractivity contribution in [2.45, 2.75) is 44.1 Å². The number of carbonyl (C=O) groups is 1. The minimum Gasteiger partial charge on any atom is -0.342 e. The fourth-order valence-corrected chi connectivity index (χ4v) is 3.68. The van der Waals surface area contributed by atoms with E-state index in [-0.39, 0.29) is 12.0 Å². The van der Waals surface area contributed by atoms with Crippen LogP contribution in [0.3, 0.4) is 0 Å². The monoisotopic (exact) mass is 276 g/mol. The molecule has 1 saturated heterocycles. The summed E-state index contributed by atoms with van der Waals surface area (Å²) >= 11 is 0. The summed E-state index contributed by atoms with van der Waals surface area (Å²) in [6.07, 6.45) is 6.80. The van der Waals surface area contributed by atoms with E-state index in [0.717, 1.165) is 45.2 Å². The Morgan fingerprint density at radius 2 is 2.05 bits per heavy atom. The van der Waals surface area contributed by atoms with Gasteiger partial charge in [0.2, 0.25) is 5.91 Å². The van der Waals surface area contributed by atoms with Gasteiger partial charge in [-0.3, -0.25) is 9.48 Å². The number of amides is 1. The van der Waals surface area contributed by atoms with E-state index < -0.39 is 0 Å². The maximum atomic E-state index is 12.5. The minimum absolute atomic E-state index is 0.179. The summed E-state index contributed by atoms with van der Waals surface area (Å²) in [5, 5.41) is 4.24. The summed E-state index contributed by atoms with van der Waals surface area (Å²) in [5.74, 6) is 1.05. The molecule has 0 radical (unpaired) electrons. The Kier molecular flexibility index (Phi) is 3.78. The van der Waals surface area contributed by atoms with E-state index in [9.17, 15) is 4.79 Å². The van der Waals surface area contributed by atoms with Crippen molar-refractivity contribution in [1.29, 1.82) is 0 Å². The highest BCUT2D eigenvalue weighted by molar-refractivity contribution is 5.79. The van der Waals surface area contributed by atoms with Crippen LogP contribution >= 0.6 is 0 Å². The first-order chi connectivity index (χ1) is 9.65. The molecule has 1 saturated carbocycles. The van der Waals surface area contributed by atoms with Gasteiger partial charge in [0, 0.05) is 49.9 Å². The highest BCUT2D eigenvalue weighted by atomic mass is 16.2. The molecule has 5 nitrogen and oxygen atoms in total. The van der Waals surface area contributed by atoms with Crippen LogP contribution in [0.2, 0.25) is 0 Å². The lowest BCUT2D eigenvalue weighted by Gasteiger charge is -2.33. The molecule has 2 aliphatic rings. The third kappa shape index (κ3) is 2.59. The second-order valence-corrected chi connectivity index (χ2v) is 6.25. The number of rotatable bonds is 2. The Morgan fingerprint density at radius 3 is 2.60 bits per heavy atom. The largest absolute Gasteiger partial charge is 0.342 e. The van der Waals surface area contributed by atoms with Crippen LogP contribution in [0.5, 0.6) is 0 Å². The molecule has 110 valence electrons. The third-order valence-electron chi connectivity index (χ3n) is 4.91. The van der Waals surface area contributed by atoms with E-state index in [4.69, 9.17) is 5.73 Å². The van der Waals surface area contributed by atoms with Crippen LogP contribution in [0.15, 0.2) is 12.3 Å². The molecule has 1 aromatic heterocycles. The molecule has 1 amide bonds. The maximum absolute atomic E-state index is 12.5. The van der Waals surface area contributed by atoms with Gasteiger partial charge in [-0.25, -0.2) is 0 Å². The van der Waals surface area contributed by atoms with Crippen molar-refractivity contribution in [3.05, 3.63) is 18.0 Å². The number of likely N-dealkylation sites (tertiary alicyclic amines) is 1. The fourth-order valence-electron chi connectivity index (χ4n) is 3.68. The van der Waals surface area contributed by atoms with Crippen LogP contribution in [0, 0.1) is 5.92 Å². The van der Waals surface area contributed by atoms with Gasteiger partial charge >= 0.3 is 0 Å². The fraction of sp³-hybridized carbons (Fsp3) is 0.733. The first kappa shape index (κ1) is 13.6. The summed E-state index contributed by atoms with van der Waals surface area (Å²) in [6.45, 7) is 1.75. The van der Waals surface area contributed by atoms with E-state index in [1.54, 1.807) is 0 Å². The first-order valence-corrected chi connectivity index (χ1v) is 7.67. The molecular formula is C15H24N4O. The molecule has 5 heteroatoms. The molecule has 2 N–H and O–H groups in total. The molecule has 2 fully saturated rings. The number of aryl methyl sites for hydroxylation is 1. The van der Waals surface area contributed by atoms with Gasteiger partial charge in [0.05, 0.1) is 0 Å². The average Bonchev–Trinajstić information content (AvgIpc) is 3.07. The van der Waals surface area contributed by atoms with Crippen molar-refractivity contribution >= 4 is 5.91 Å². The lowest BCUT2D eigenvalue weighted by molar-refractivity contribution is -0.136. The molecule has 20 heavy (non-hydrogen) atoms. The Balaban J connectivity index is 1.56. The smallest absolute Gasteiger partial charge is 0.225 e. The standard InChI is InChI=1S/C15H24N4O/c1-18-14(4-7-17-18)11-5-8-19(9-6-11)15(20)12-2-3-13(16)10-12/h4,7,11-13H,2-3,5-6,8-10,16H2,1H3. The number of piperidine rings is 1. The molecule has 0 bridgehead atoms. The molecule has 1 aliphatic carbocycles. The summed E-state index contributed by atoms with van der Waals surface area (Å²) < 4.78 is 1.96. The van der Waals surface area contributed by atoms with Crippen molar-refractivity contribution in [1.82, 2.24) is 14.7 Å². The minimum atomic E-state index is 0.179. The number of hydrogen-bond acceptors (Lipinski definition) is 3. The van der Waals surface area contributed by atoms with E-state index in [1.807, 2.05) is 17.9 Å². The second-order valence-electron chi connectivity index (χ2n) is 6.25. The molecular weight excluding hydrogens is 252 g/mol. The summed E-state index contributed by atoms with van der Waals surface area (Å²) in [6, 6.07) is 2.33. The topological polar surface area (TPSA) is 64.2 Å². The average molecular weight is 276 g/mol. The van der Waals surface area contributed by atoms with Crippen LogP contribution < -0.4 is 5.73 Å². The molecule has 3 rings (SSSR count). The predicted octanol–water partition coefficient (Wildman–Crippen LogP) is 1.25. The summed E-state index contributed by atoms with van der Waals surface area (Å²) in [5.41, 5.74) is 7.21. The van der Waals surface area contributed by atoms with Crippen LogP contribution in [0.25, 0.3) is 0 Å². The Morgan fingerprint density at radius 1 is 1.30 bits per heavy atom. The molecule has 1 aliphatic heterocycles. The van der Waals surface area contributed by atoms with Gasteiger partial charge in [-0.1, -0.05) is 0 Å². The number of aromatic nitrogens is 2. The summed E-state index contributed by atoms with van der Waals surface area (Å²) in [7, 11) is 1.99.